The van der Waals surface area contributed by atoms with Crippen LogP contribution in [0.1, 0.15) is 118 Å². The fraction of sp³-hybridized carbons (Fsp3) is 0.800. The van der Waals surface area contributed by atoms with Gasteiger partial charge in [0, 0.05) is 0 Å². The van der Waals surface area contributed by atoms with Gasteiger partial charge in [-0.05, 0) is 0 Å². The van der Waals surface area contributed by atoms with Crippen LogP contribution in [0.25, 0.3) is 0 Å². The van der Waals surface area contributed by atoms with Crippen LogP contribution in [0.2, 0.25) is 17.7 Å². The van der Waals surface area contributed by atoms with Crippen molar-refractivity contribution in [3.05, 3.63) is 25.3 Å². The Bertz CT molecular complexity index is 741. The molecule has 0 aromatic carbocycles. The van der Waals surface area contributed by atoms with Crippen LogP contribution in [-0.4, -0.2) is 61.2 Å². The minimum absolute atomic E-state index is 0.0640. The van der Waals surface area contributed by atoms with Crippen LogP contribution in [0.5, 0.6) is 0 Å². The number of hydrogen-bond acceptors (Lipinski definition) is 5. The van der Waals surface area contributed by atoms with Crippen LogP contribution >= 0.6 is 0 Å². The van der Waals surface area contributed by atoms with Gasteiger partial charge in [-0.25, -0.2) is 0 Å². The first-order valence-corrected chi connectivity index (χ1v) is 27.9. The topological polar surface area (TPSA) is 61.8 Å². The van der Waals surface area contributed by atoms with Crippen molar-refractivity contribution in [1.82, 2.24) is 0 Å². The summed E-state index contributed by atoms with van der Waals surface area (Å²) in [5.74, 6) is -0.665. The van der Waals surface area contributed by atoms with Gasteiger partial charge in [-0.1, -0.05) is 0 Å². The molecule has 2 fully saturated rings. The van der Waals surface area contributed by atoms with Gasteiger partial charge in [-0.2, -0.15) is 0 Å². The second-order valence-corrected chi connectivity index (χ2v) is 33.2. The average molecular weight is 732 g/mol. The van der Waals surface area contributed by atoms with Gasteiger partial charge in [0.05, 0.1) is 0 Å². The molecule has 5 nitrogen and oxygen atoms in total. The number of ketones is 2. The number of carbonyl (C=O) groups is 2. The van der Waals surface area contributed by atoms with Gasteiger partial charge in [0.15, 0.2) is 0 Å². The van der Waals surface area contributed by atoms with E-state index < -0.39 is 44.0 Å². The number of unbranched alkanes of at least 4 members (excludes halogenated alkanes) is 4. The maximum atomic E-state index is 13.2. The van der Waals surface area contributed by atoms with Gasteiger partial charge in [0.2, 0.25) is 0 Å². The van der Waals surface area contributed by atoms with Gasteiger partial charge in [-0.15, -0.1) is 0 Å². The summed E-state index contributed by atoms with van der Waals surface area (Å²) in [5, 5.41) is 0. The number of hydrogen-bond donors (Lipinski definition) is 0. The molecule has 2 aliphatic heterocycles. The Hall–Kier alpha value is 0.297. The van der Waals surface area contributed by atoms with Crippen LogP contribution in [0, 0.1) is 0 Å². The standard InChI is InChI=1S/C12H24O.C10H12O3.2C4H9.O.2Sn/c1-4-7-10-12(13,9-6-3)11-8-5-2;1-4-7-10(13,8(11)5-2)9(12)6-3;2*1-3-4-2;;;/h3-11H2,1-2H3;5-6H,1-4,7H2;2*1,3-4H2,2H3;;;/q2*-1;;;;2*+1. The summed E-state index contributed by atoms with van der Waals surface area (Å²) in [6, 6.07) is 0. The number of carbonyl (C=O) groups excluding carboxylic acids is 2. The second kappa shape index (κ2) is 15.9. The summed E-state index contributed by atoms with van der Waals surface area (Å²) in [5.41, 5.74) is -1.55. The van der Waals surface area contributed by atoms with Crippen molar-refractivity contribution in [1.29, 1.82) is 0 Å². The molecule has 2 rings (SSSR count). The average Bonchev–Trinajstić information content (AvgIpc) is 2.92. The van der Waals surface area contributed by atoms with Crippen molar-refractivity contribution < 1.29 is 17.1 Å². The van der Waals surface area contributed by atoms with E-state index in [2.05, 4.69) is 40.9 Å². The molecule has 0 saturated carbocycles. The molecule has 0 aromatic heterocycles. The molecular formula is C30H54O5Sn2. The van der Waals surface area contributed by atoms with Crippen LogP contribution in [0.3, 0.4) is 0 Å². The molecule has 2 atom stereocenters. The normalized spacial score (nSPS) is 26.9. The summed E-state index contributed by atoms with van der Waals surface area (Å²) < 4.78 is 25.9. The first kappa shape index (κ1) is 33.5. The molecule has 0 bridgehead atoms. The predicted molar refractivity (Wildman–Crippen MR) is 157 cm³/mol. The quantitative estimate of drug-likeness (QED) is 0.0805. The van der Waals surface area contributed by atoms with E-state index in [0.29, 0.717) is 6.42 Å². The molecule has 2 aliphatic rings. The zero-order valence-corrected chi connectivity index (χ0v) is 30.0. The van der Waals surface area contributed by atoms with Gasteiger partial charge in [0.1, 0.15) is 0 Å². The summed E-state index contributed by atoms with van der Waals surface area (Å²) in [6.07, 6.45) is 17.2. The zero-order valence-electron chi connectivity index (χ0n) is 24.3. The third-order valence-corrected chi connectivity index (χ3v) is 41.8. The Kier molecular flexibility index (Phi) is 14.4. The monoisotopic (exact) mass is 734 g/mol. The molecule has 7 heteroatoms. The van der Waals surface area contributed by atoms with Crippen LogP contribution in [-0.2, 0) is 17.1 Å². The van der Waals surface area contributed by atoms with E-state index in [1.807, 2.05) is 0 Å². The first-order chi connectivity index (χ1) is 17.7. The Labute approximate surface area is 237 Å². The van der Waals surface area contributed by atoms with Crippen molar-refractivity contribution in [2.75, 3.05) is 0 Å². The van der Waals surface area contributed by atoms with Gasteiger partial charge < -0.3 is 0 Å². The van der Waals surface area contributed by atoms with E-state index in [1.54, 1.807) is 0 Å². The van der Waals surface area contributed by atoms with Gasteiger partial charge >= 0.3 is 239 Å². The summed E-state index contributed by atoms with van der Waals surface area (Å²) >= 11 is -7.48. The molecule has 0 amide bonds. The molecule has 0 aromatic rings. The molecule has 0 spiro atoms. The minimum atomic E-state index is -3.89. The predicted octanol–water partition coefficient (Wildman–Crippen LogP) is 8.48. The molecule has 0 radical (unpaired) electrons. The Morgan fingerprint density at radius 2 is 1.22 bits per heavy atom. The van der Waals surface area contributed by atoms with E-state index in [-0.39, 0.29) is 17.2 Å². The van der Waals surface area contributed by atoms with Crippen molar-refractivity contribution in [2.45, 2.75) is 147 Å². The van der Waals surface area contributed by atoms with Crippen LogP contribution in [0.15, 0.2) is 25.3 Å². The molecule has 2 saturated heterocycles. The van der Waals surface area contributed by atoms with Gasteiger partial charge in [0.25, 0.3) is 0 Å². The molecule has 37 heavy (non-hydrogen) atoms. The van der Waals surface area contributed by atoms with Crippen molar-refractivity contribution in [3.8, 4) is 0 Å². The van der Waals surface area contributed by atoms with Crippen molar-refractivity contribution in [2.24, 2.45) is 0 Å². The third-order valence-electron chi connectivity index (χ3n) is 8.37. The molecule has 212 valence electrons. The molecule has 2 unspecified atom stereocenters. The Morgan fingerprint density at radius 1 is 0.757 bits per heavy atom. The first-order valence-electron chi connectivity index (χ1n) is 15.2. The van der Waals surface area contributed by atoms with E-state index in [0.717, 1.165) is 69.1 Å². The van der Waals surface area contributed by atoms with E-state index in [1.165, 1.54) is 44.3 Å². The molecular weight excluding hydrogens is 678 g/mol. The third kappa shape index (κ3) is 8.64. The van der Waals surface area contributed by atoms with Crippen molar-refractivity contribution >= 4 is 50.0 Å². The second-order valence-electron chi connectivity index (χ2n) is 11.4. The maximum absolute atomic E-state index is 13.2. The molecule has 2 heterocycles. The number of rotatable bonds is 18. The van der Waals surface area contributed by atoms with E-state index >= 15 is 0 Å². The van der Waals surface area contributed by atoms with Gasteiger partial charge in [-0.3, -0.25) is 0 Å². The Balaban J connectivity index is 2.52. The van der Waals surface area contributed by atoms with E-state index in [9.17, 15) is 9.59 Å². The fourth-order valence-electron chi connectivity index (χ4n) is 6.30. The SMILES string of the molecule is C=CC(=O)C1(C(=O)C=C)CC[CH2][Sn]([CH2]CCC)([O][Sn]2([CH2]CCC)[CH2]CCC(CCCC)(CCCC)[O]2)[O]1. The zero-order chi connectivity index (χ0) is 27.4. The van der Waals surface area contributed by atoms with Crippen LogP contribution in [0.4, 0.5) is 0 Å². The van der Waals surface area contributed by atoms with E-state index in [4.69, 9.17) is 7.56 Å². The van der Waals surface area contributed by atoms with Crippen molar-refractivity contribution in [3.63, 3.8) is 0 Å². The summed E-state index contributed by atoms with van der Waals surface area (Å²) in [7, 11) is 0. The Morgan fingerprint density at radius 3 is 1.68 bits per heavy atom. The summed E-state index contributed by atoms with van der Waals surface area (Å²) in [4.78, 5) is 26.4. The van der Waals surface area contributed by atoms with Crippen LogP contribution < -0.4 is 0 Å². The summed E-state index contributed by atoms with van der Waals surface area (Å²) in [6.45, 7) is 16.4. The fourth-order valence-corrected chi connectivity index (χ4v) is 49.6. The molecule has 0 N–H and O–H groups in total. The molecule has 0 aliphatic carbocycles.